The number of hydrogen-bond acceptors (Lipinski definition) is 4. The number of aromatic nitrogens is 2. The van der Waals surface area contributed by atoms with E-state index in [1.165, 1.54) is 0 Å². The van der Waals surface area contributed by atoms with Crippen LogP contribution >= 0.6 is 0 Å². The molecule has 0 aliphatic heterocycles. The molecule has 0 unspecified atom stereocenters. The molecule has 2 aromatic rings. The first kappa shape index (κ1) is 13.8. The van der Waals surface area contributed by atoms with Crippen LogP contribution in [-0.4, -0.2) is 26.8 Å². The Morgan fingerprint density at radius 3 is 2.57 bits per heavy atom. The van der Waals surface area contributed by atoms with Crippen molar-refractivity contribution in [1.82, 2.24) is 10.2 Å². The zero-order valence-electron chi connectivity index (χ0n) is 11.9. The van der Waals surface area contributed by atoms with Crippen molar-refractivity contribution in [3.8, 4) is 0 Å². The van der Waals surface area contributed by atoms with Gasteiger partial charge in [-0.3, -0.25) is 0 Å². The van der Waals surface area contributed by atoms with Gasteiger partial charge in [-0.25, -0.2) is 4.79 Å². The van der Waals surface area contributed by atoms with Crippen LogP contribution in [-0.2, 0) is 4.79 Å². The van der Waals surface area contributed by atoms with Gasteiger partial charge in [0.25, 0.3) is 0 Å². The average Bonchev–Trinajstić information content (AvgIpc) is 2.74. The molecule has 1 aromatic heterocycles. The normalized spacial score (nSPS) is 18.1. The van der Waals surface area contributed by atoms with Crippen LogP contribution in [0.15, 0.2) is 30.5 Å². The SMILES string of the molecule is O=C(O)C1(Nc2nncc3ccccc23)CCCCCC1. The second-order valence-corrected chi connectivity index (χ2v) is 5.71. The zero-order valence-corrected chi connectivity index (χ0v) is 11.9. The van der Waals surface area contributed by atoms with Gasteiger partial charge in [0.1, 0.15) is 5.54 Å². The Balaban J connectivity index is 2.00. The van der Waals surface area contributed by atoms with Crippen molar-refractivity contribution in [3.05, 3.63) is 30.5 Å². The summed E-state index contributed by atoms with van der Waals surface area (Å²) in [5, 5.41) is 22.9. The molecule has 1 fully saturated rings. The fourth-order valence-electron chi connectivity index (χ4n) is 3.07. The molecule has 0 atom stereocenters. The maximum absolute atomic E-state index is 11.9. The molecular weight excluding hydrogens is 266 g/mol. The smallest absolute Gasteiger partial charge is 0.329 e. The van der Waals surface area contributed by atoms with Crippen LogP contribution in [0.5, 0.6) is 0 Å². The summed E-state index contributed by atoms with van der Waals surface area (Å²) < 4.78 is 0. The number of aliphatic carboxylic acids is 1. The lowest BCUT2D eigenvalue weighted by Gasteiger charge is -2.30. The molecule has 1 aliphatic carbocycles. The molecule has 21 heavy (non-hydrogen) atoms. The number of hydrogen-bond donors (Lipinski definition) is 2. The first-order valence-corrected chi connectivity index (χ1v) is 7.43. The van der Waals surface area contributed by atoms with Gasteiger partial charge >= 0.3 is 5.97 Å². The Bertz CT molecular complexity index is 644. The summed E-state index contributed by atoms with van der Waals surface area (Å²) in [5.41, 5.74) is -0.921. The van der Waals surface area contributed by atoms with E-state index in [1.54, 1.807) is 6.20 Å². The van der Waals surface area contributed by atoms with E-state index in [-0.39, 0.29) is 0 Å². The number of nitrogens with zero attached hydrogens (tertiary/aromatic N) is 2. The van der Waals surface area contributed by atoms with E-state index in [4.69, 9.17) is 0 Å². The minimum Gasteiger partial charge on any atom is -0.480 e. The molecule has 1 aliphatic rings. The number of carboxylic acid groups (broad SMARTS) is 1. The van der Waals surface area contributed by atoms with Crippen molar-refractivity contribution >= 4 is 22.6 Å². The molecule has 1 heterocycles. The maximum atomic E-state index is 11.9. The van der Waals surface area contributed by atoms with E-state index in [9.17, 15) is 9.90 Å². The van der Waals surface area contributed by atoms with Crippen molar-refractivity contribution < 1.29 is 9.90 Å². The van der Waals surface area contributed by atoms with Crippen LogP contribution in [0, 0.1) is 0 Å². The highest BCUT2D eigenvalue weighted by Crippen LogP contribution is 2.32. The van der Waals surface area contributed by atoms with Crippen molar-refractivity contribution in [3.63, 3.8) is 0 Å². The third-order valence-corrected chi connectivity index (χ3v) is 4.29. The molecule has 3 rings (SSSR count). The molecule has 0 radical (unpaired) electrons. The Labute approximate surface area is 123 Å². The number of anilines is 1. The van der Waals surface area contributed by atoms with Gasteiger partial charge in [-0.15, -0.1) is 5.10 Å². The zero-order chi connectivity index (χ0) is 14.7. The molecule has 0 amide bonds. The van der Waals surface area contributed by atoms with Crippen LogP contribution in [0.1, 0.15) is 38.5 Å². The third-order valence-electron chi connectivity index (χ3n) is 4.29. The second kappa shape index (κ2) is 5.68. The summed E-state index contributed by atoms with van der Waals surface area (Å²) in [6, 6.07) is 7.76. The number of carboxylic acids is 1. The van der Waals surface area contributed by atoms with Crippen molar-refractivity contribution in [2.45, 2.75) is 44.1 Å². The van der Waals surface area contributed by atoms with Gasteiger partial charge in [0.2, 0.25) is 0 Å². The number of carbonyl (C=O) groups is 1. The van der Waals surface area contributed by atoms with Crippen LogP contribution < -0.4 is 5.32 Å². The van der Waals surface area contributed by atoms with Gasteiger partial charge in [-0.2, -0.15) is 5.10 Å². The number of benzene rings is 1. The van der Waals surface area contributed by atoms with Gasteiger partial charge < -0.3 is 10.4 Å². The molecule has 1 saturated carbocycles. The van der Waals surface area contributed by atoms with Crippen molar-refractivity contribution in [2.24, 2.45) is 0 Å². The quantitative estimate of drug-likeness (QED) is 0.847. The highest BCUT2D eigenvalue weighted by Gasteiger charge is 2.39. The van der Waals surface area contributed by atoms with Gasteiger partial charge in [-0.05, 0) is 12.8 Å². The van der Waals surface area contributed by atoms with E-state index in [1.807, 2.05) is 24.3 Å². The highest BCUT2D eigenvalue weighted by atomic mass is 16.4. The summed E-state index contributed by atoms with van der Waals surface area (Å²) >= 11 is 0. The van der Waals surface area contributed by atoms with E-state index >= 15 is 0 Å². The van der Waals surface area contributed by atoms with E-state index in [0.29, 0.717) is 18.7 Å². The average molecular weight is 285 g/mol. The number of nitrogens with one attached hydrogen (secondary N) is 1. The predicted molar refractivity (Wildman–Crippen MR) is 81.2 cm³/mol. The molecule has 110 valence electrons. The first-order valence-electron chi connectivity index (χ1n) is 7.43. The first-order chi connectivity index (χ1) is 10.2. The largest absolute Gasteiger partial charge is 0.480 e. The summed E-state index contributed by atoms with van der Waals surface area (Å²) in [6.07, 6.45) is 7.01. The summed E-state index contributed by atoms with van der Waals surface area (Å²) in [7, 11) is 0. The van der Waals surface area contributed by atoms with Gasteiger partial charge in [0, 0.05) is 10.8 Å². The predicted octanol–water partition coefficient (Wildman–Crippen LogP) is 3.22. The minimum atomic E-state index is -0.921. The number of rotatable bonds is 3. The Kier molecular flexibility index (Phi) is 3.73. The minimum absolute atomic E-state index is 0.567. The van der Waals surface area contributed by atoms with Gasteiger partial charge in [0.15, 0.2) is 5.82 Å². The van der Waals surface area contributed by atoms with Crippen molar-refractivity contribution in [1.29, 1.82) is 0 Å². The van der Waals surface area contributed by atoms with Crippen molar-refractivity contribution in [2.75, 3.05) is 5.32 Å². The monoisotopic (exact) mass is 285 g/mol. The topological polar surface area (TPSA) is 75.1 Å². The molecule has 0 saturated heterocycles. The van der Waals surface area contributed by atoms with E-state index < -0.39 is 11.5 Å². The van der Waals surface area contributed by atoms with Crippen LogP contribution in [0.25, 0.3) is 10.8 Å². The molecule has 5 nitrogen and oxygen atoms in total. The van der Waals surface area contributed by atoms with Crippen LogP contribution in [0.2, 0.25) is 0 Å². The Morgan fingerprint density at radius 2 is 1.86 bits per heavy atom. The number of fused-ring (bicyclic) bond motifs is 1. The molecule has 1 aromatic carbocycles. The maximum Gasteiger partial charge on any atom is 0.329 e. The van der Waals surface area contributed by atoms with Crippen LogP contribution in [0.4, 0.5) is 5.82 Å². The fraction of sp³-hybridized carbons (Fsp3) is 0.438. The molecule has 0 spiro atoms. The Hall–Kier alpha value is -2.17. The summed E-state index contributed by atoms with van der Waals surface area (Å²) in [6.45, 7) is 0. The summed E-state index contributed by atoms with van der Waals surface area (Å²) in [4.78, 5) is 11.9. The summed E-state index contributed by atoms with van der Waals surface area (Å²) in [5.74, 6) is -0.225. The molecule has 5 heteroatoms. The van der Waals surface area contributed by atoms with Gasteiger partial charge in [-0.1, -0.05) is 49.9 Å². The van der Waals surface area contributed by atoms with Gasteiger partial charge in [0.05, 0.1) is 6.20 Å². The standard InChI is InChI=1S/C16H19N3O2/c20-15(21)16(9-5-1-2-6-10-16)18-14-13-8-4-3-7-12(13)11-17-19-14/h3-4,7-8,11H,1-2,5-6,9-10H2,(H,18,19)(H,20,21). The molecule has 2 N–H and O–H groups in total. The second-order valence-electron chi connectivity index (χ2n) is 5.71. The molecule has 0 bridgehead atoms. The Morgan fingerprint density at radius 1 is 1.14 bits per heavy atom. The lowest BCUT2D eigenvalue weighted by atomic mass is 9.90. The lowest BCUT2D eigenvalue weighted by molar-refractivity contribution is -0.142. The molecular formula is C16H19N3O2. The third kappa shape index (κ3) is 2.68. The highest BCUT2D eigenvalue weighted by molar-refractivity contribution is 5.93. The lowest BCUT2D eigenvalue weighted by Crippen LogP contribution is -2.46. The van der Waals surface area contributed by atoms with E-state index in [2.05, 4.69) is 15.5 Å². The van der Waals surface area contributed by atoms with Crippen LogP contribution in [0.3, 0.4) is 0 Å². The fourth-order valence-corrected chi connectivity index (χ4v) is 3.07. The van der Waals surface area contributed by atoms with E-state index in [0.717, 1.165) is 36.5 Å².